The molecule has 0 amide bonds. The van der Waals surface area contributed by atoms with E-state index >= 15 is 0 Å². The van der Waals surface area contributed by atoms with Crippen LogP contribution < -0.4 is 11.2 Å². The van der Waals surface area contributed by atoms with Crippen molar-refractivity contribution in [2.75, 3.05) is 0 Å². The minimum atomic E-state index is -1.25. The first-order chi connectivity index (χ1) is 9.49. The lowest BCUT2D eigenvalue weighted by atomic mass is 9.81. The molecule has 3 rings (SSSR count). The SMILES string of the molecule is CC[C@@]1(C2CC2)O[C@@H](n2ccc(=O)[nH]c2=O)[C@@H](F)[C@@H]1C. The maximum atomic E-state index is 14.6. The summed E-state index contributed by atoms with van der Waals surface area (Å²) < 4.78 is 21.8. The molecule has 1 aliphatic carbocycles. The minimum Gasteiger partial charge on any atom is -0.348 e. The summed E-state index contributed by atoms with van der Waals surface area (Å²) in [7, 11) is 0. The highest BCUT2D eigenvalue weighted by Gasteiger charge is 2.59. The summed E-state index contributed by atoms with van der Waals surface area (Å²) >= 11 is 0. The Bertz CT molecular complexity index is 621. The van der Waals surface area contributed by atoms with Gasteiger partial charge in [-0.05, 0) is 25.2 Å². The summed E-state index contributed by atoms with van der Waals surface area (Å²) in [6, 6.07) is 1.21. The molecule has 0 unspecified atom stereocenters. The molecule has 2 fully saturated rings. The van der Waals surface area contributed by atoms with Crippen molar-refractivity contribution >= 4 is 0 Å². The van der Waals surface area contributed by atoms with Crippen LogP contribution in [0.4, 0.5) is 4.39 Å². The highest BCUT2D eigenvalue weighted by molar-refractivity contribution is 5.06. The van der Waals surface area contributed by atoms with Gasteiger partial charge in [-0.1, -0.05) is 13.8 Å². The smallest absolute Gasteiger partial charge is 0.330 e. The van der Waals surface area contributed by atoms with Gasteiger partial charge in [0.05, 0.1) is 5.60 Å². The van der Waals surface area contributed by atoms with E-state index < -0.39 is 29.2 Å². The maximum Gasteiger partial charge on any atom is 0.330 e. The number of H-pyrrole nitrogens is 1. The van der Waals surface area contributed by atoms with E-state index in [0.29, 0.717) is 5.92 Å². The Morgan fingerprint density at radius 2 is 2.20 bits per heavy atom. The van der Waals surface area contributed by atoms with Crippen LogP contribution in [0.15, 0.2) is 21.9 Å². The van der Waals surface area contributed by atoms with Gasteiger partial charge in [-0.2, -0.15) is 0 Å². The second-order valence-electron chi connectivity index (χ2n) is 5.84. The number of aromatic nitrogens is 2. The fraction of sp³-hybridized carbons (Fsp3) is 0.714. The van der Waals surface area contributed by atoms with Crippen LogP contribution >= 0.6 is 0 Å². The third kappa shape index (κ3) is 1.85. The van der Waals surface area contributed by atoms with Crippen molar-refractivity contribution in [3.63, 3.8) is 0 Å². The monoisotopic (exact) mass is 282 g/mol. The van der Waals surface area contributed by atoms with Gasteiger partial charge < -0.3 is 4.74 Å². The molecule has 1 N–H and O–H groups in total. The number of alkyl halides is 1. The van der Waals surface area contributed by atoms with Gasteiger partial charge in [-0.3, -0.25) is 14.3 Å². The number of aromatic amines is 1. The molecule has 110 valence electrons. The number of ether oxygens (including phenoxy) is 1. The van der Waals surface area contributed by atoms with E-state index in [1.54, 1.807) is 0 Å². The van der Waals surface area contributed by atoms with Crippen LogP contribution in [0.1, 0.15) is 39.3 Å². The van der Waals surface area contributed by atoms with Gasteiger partial charge in [0, 0.05) is 18.2 Å². The van der Waals surface area contributed by atoms with Crippen molar-refractivity contribution in [1.29, 1.82) is 0 Å². The van der Waals surface area contributed by atoms with Gasteiger partial charge in [-0.15, -0.1) is 0 Å². The van der Waals surface area contributed by atoms with Crippen molar-refractivity contribution in [2.24, 2.45) is 11.8 Å². The zero-order chi connectivity index (χ0) is 14.5. The van der Waals surface area contributed by atoms with Crippen LogP contribution in [0.5, 0.6) is 0 Å². The van der Waals surface area contributed by atoms with Crippen LogP contribution in [0, 0.1) is 11.8 Å². The summed E-state index contributed by atoms with van der Waals surface area (Å²) in [6.45, 7) is 3.85. The zero-order valence-corrected chi connectivity index (χ0v) is 11.6. The van der Waals surface area contributed by atoms with Crippen LogP contribution in [0.2, 0.25) is 0 Å². The predicted molar refractivity (Wildman–Crippen MR) is 71.3 cm³/mol. The van der Waals surface area contributed by atoms with E-state index in [2.05, 4.69) is 4.98 Å². The van der Waals surface area contributed by atoms with E-state index in [0.717, 1.165) is 23.8 Å². The lowest BCUT2D eigenvalue weighted by molar-refractivity contribution is -0.104. The predicted octanol–water partition coefficient (Wildman–Crippen LogP) is 1.60. The average molecular weight is 282 g/mol. The fourth-order valence-corrected chi connectivity index (χ4v) is 3.49. The molecule has 4 atom stereocenters. The minimum absolute atomic E-state index is 0.260. The van der Waals surface area contributed by atoms with Crippen molar-refractivity contribution in [3.05, 3.63) is 33.1 Å². The number of nitrogens with zero attached hydrogens (tertiary/aromatic N) is 1. The fourth-order valence-electron chi connectivity index (χ4n) is 3.49. The van der Waals surface area contributed by atoms with Gasteiger partial charge in [0.1, 0.15) is 0 Å². The Morgan fingerprint density at radius 3 is 2.75 bits per heavy atom. The van der Waals surface area contributed by atoms with E-state index in [1.807, 2.05) is 13.8 Å². The van der Waals surface area contributed by atoms with Crippen molar-refractivity contribution < 1.29 is 9.13 Å². The third-order valence-electron chi connectivity index (χ3n) is 4.81. The van der Waals surface area contributed by atoms with Gasteiger partial charge in [0.25, 0.3) is 5.56 Å². The number of nitrogens with one attached hydrogen (secondary N) is 1. The van der Waals surface area contributed by atoms with Crippen LogP contribution in [0.25, 0.3) is 0 Å². The molecule has 1 saturated carbocycles. The molecular formula is C14H19FN2O3. The highest BCUT2D eigenvalue weighted by atomic mass is 19.1. The first kappa shape index (κ1) is 13.5. The second-order valence-corrected chi connectivity index (χ2v) is 5.84. The number of halogens is 1. The normalized spacial score (nSPS) is 37.2. The molecule has 2 aliphatic rings. The molecule has 6 heteroatoms. The average Bonchev–Trinajstić information content (AvgIpc) is 3.22. The summed E-state index contributed by atoms with van der Waals surface area (Å²) in [5.74, 6) is 0.119. The summed E-state index contributed by atoms with van der Waals surface area (Å²) in [6.07, 6.45) is 1.95. The molecule has 0 spiro atoms. The first-order valence-corrected chi connectivity index (χ1v) is 7.13. The van der Waals surface area contributed by atoms with Crippen LogP contribution in [-0.4, -0.2) is 21.3 Å². The molecule has 5 nitrogen and oxygen atoms in total. The maximum absolute atomic E-state index is 14.6. The molecule has 0 radical (unpaired) electrons. The van der Waals surface area contributed by atoms with Crippen molar-refractivity contribution in [1.82, 2.24) is 9.55 Å². The summed E-state index contributed by atoms with van der Waals surface area (Å²) in [4.78, 5) is 25.1. The number of hydrogen-bond acceptors (Lipinski definition) is 3. The lowest BCUT2D eigenvalue weighted by Gasteiger charge is -2.32. The van der Waals surface area contributed by atoms with Gasteiger partial charge >= 0.3 is 5.69 Å². The van der Waals surface area contributed by atoms with E-state index in [1.165, 1.54) is 12.3 Å². The summed E-state index contributed by atoms with van der Waals surface area (Å²) in [5, 5.41) is 0. The number of hydrogen-bond donors (Lipinski definition) is 1. The zero-order valence-electron chi connectivity index (χ0n) is 11.6. The van der Waals surface area contributed by atoms with Crippen LogP contribution in [0.3, 0.4) is 0 Å². The van der Waals surface area contributed by atoms with Crippen molar-refractivity contribution in [2.45, 2.75) is 51.1 Å². The summed E-state index contributed by atoms with van der Waals surface area (Å²) in [5.41, 5.74) is -1.60. The van der Waals surface area contributed by atoms with Gasteiger partial charge in [0.2, 0.25) is 0 Å². The topological polar surface area (TPSA) is 64.1 Å². The molecule has 20 heavy (non-hydrogen) atoms. The standard InChI is InChI=1S/C14H19FN2O3/c1-3-14(9-4-5-9)8(2)11(15)12(20-14)17-7-6-10(18)16-13(17)19/h6-9,11-12H,3-5H2,1-2H3,(H,16,18,19)/t8-,11-,12+,14+/m0/s1. The Kier molecular flexibility index (Phi) is 3.08. The third-order valence-corrected chi connectivity index (χ3v) is 4.81. The molecule has 1 aliphatic heterocycles. The molecule has 2 heterocycles. The number of rotatable bonds is 3. The molecular weight excluding hydrogens is 263 g/mol. The lowest BCUT2D eigenvalue weighted by Crippen LogP contribution is -2.37. The highest BCUT2D eigenvalue weighted by Crippen LogP contribution is 2.56. The van der Waals surface area contributed by atoms with Crippen molar-refractivity contribution in [3.8, 4) is 0 Å². The largest absolute Gasteiger partial charge is 0.348 e. The molecule has 0 bridgehead atoms. The Hall–Kier alpha value is -1.43. The Balaban J connectivity index is 1.99. The van der Waals surface area contributed by atoms with E-state index in [9.17, 15) is 14.0 Å². The van der Waals surface area contributed by atoms with Gasteiger partial charge in [0.15, 0.2) is 12.4 Å². The van der Waals surface area contributed by atoms with Crippen LogP contribution in [-0.2, 0) is 4.74 Å². The van der Waals surface area contributed by atoms with E-state index in [-0.39, 0.29) is 5.92 Å². The second kappa shape index (κ2) is 4.55. The quantitative estimate of drug-likeness (QED) is 0.915. The Morgan fingerprint density at radius 1 is 1.50 bits per heavy atom. The Labute approximate surface area is 115 Å². The van der Waals surface area contributed by atoms with E-state index in [4.69, 9.17) is 4.74 Å². The molecule has 1 aromatic heterocycles. The molecule has 1 saturated heterocycles. The molecule has 0 aromatic carbocycles. The molecule has 1 aromatic rings. The first-order valence-electron chi connectivity index (χ1n) is 7.13. The van der Waals surface area contributed by atoms with Gasteiger partial charge in [-0.25, -0.2) is 9.18 Å².